The molecular formula is C11H24N2O2. The summed E-state index contributed by atoms with van der Waals surface area (Å²) in [7, 11) is 0. The van der Waals surface area contributed by atoms with Gasteiger partial charge in [0, 0.05) is 12.6 Å². The van der Waals surface area contributed by atoms with Crippen molar-refractivity contribution >= 4 is 5.97 Å². The number of nitrogens with zero attached hydrogens (tertiary/aromatic N) is 1. The molecule has 0 bridgehead atoms. The van der Waals surface area contributed by atoms with E-state index in [0.717, 1.165) is 19.6 Å². The molecule has 0 aromatic carbocycles. The third-order valence-electron chi connectivity index (χ3n) is 2.46. The molecule has 0 aliphatic rings. The highest BCUT2D eigenvalue weighted by atomic mass is 16.4. The van der Waals surface area contributed by atoms with Gasteiger partial charge in [0.25, 0.3) is 0 Å². The van der Waals surface area contributed by atoms with Crippen molar-refractivity contribution in [1.82, 2.24) is 10.2 Å². The smallest absolute Gasteiger partial charge is 0.320 e. The number of rotatable bonds is 8. The molecule has 0 aromatic rings. The largest absolute Gasteiger partial charge is 0.480 e. The van der Waals surface area contributed by atoms with Crippen LogP contribution in [0.1, 0.15) is 34.1 Å². The van der Waals surface area contributed by atoms with Gasteiger partial charge in [0.1, 0.15) is 6.04 Å². The van der Waals surface area contributed by atoms with Crippen molar-refractivity contribution in [2.24, 2.45) is 0 Å². The van der Waals surface area contributed by atoms with Crippen molar-refractivity contribution in [2.75, 3.05) is 19.6 Å². The normalized spacial score (nSPS) is 13.5. The predicted molar refractivity (Wildman–Crippen MR) is 62.1 cm³/mol. The highest BCUT2D eigenvalue weighted by Gasteiger charge is 2.18. The molecular weight excluding hydrogens is 192 g/mol. The highest BCUT2D eigenvalue weighted by molar-refractivity contribution is 5.73. The summed E-state index contributed by atoms with van der Waals surface area (Å²) in [6, 6.07) is -0.214. The summed E-state index contributed by atoms with van der Waals surface area (Å²) in [4.78, 5) is 13.2. The summed E-state index contributed by atoms with van der Waals surface area (Å²) < 4.78 is 0. The molecule has 0 aliphatic carbocycles. The number of hydrogen-bond acceptors (Lipinski definition) is 3. The summed E-state index contributed by atoms with van der Waals surface area (Å²) in [5, 5.41) is 12.1. The molecule has 0 spiro atoms. The Morgan fingerprint density at radius 2 is 1.87 bits per heavy atom. The molecule has 1 atom stereocenters. The first-order chi connectivity index (χ1) is 7.01. The number of carbonyl (C=O) groups is 1. The Bertz CT molecular complexity index is 179. The molecule has 0 radical (unpaired) electrons. The Hall–Kier alpha value is -0.610. The Labute approximate surface area is 92.7 Å². The van der Waals surface area contributed by atoms with Gasteiger partial charge in [-0.25, -0.2) is 0 Å². The average Bonchev–Trinajstić information content (AvgIpc) is 2.16. The zero-order valence-corrected chi connectivity index (χ0v) is 10.3. The van der Waals surface area contributed by atoms with Crippen LogP contribution in [0.5, 0.6) is 0 Å². The van der Waals surface area contributed by atoms with Crippen molar-refractivity contribution in [2.45, 2.75) is 46.2 Å². The van der Waals surface area contributed by atoms with Gasteiger partial charge in [-0.2, -0.15) is 0 Å². The van der Waals surface area contributed by atoms with E-state index in [4.69, 9.17) is 5.11 Å². The molecule has 15 heavy (non-hydrogen) atoms. The zero-order valence-electron chi connectivity index (χ0n) is 10.3. The van der Waals surface area contributed by atoms with Gasteiger partial charge >= 0.3 is 5.97 Å². The fourth-order valence-corrected chi connectivity index (χ4v) is 1.53. The second-order valence-electron chi connectivity index (χ2n) is 4.03. The van der Waals surface area contributed by atoms with Crippen LogP contribution in [-0.2, 0) is 4.79 Å². The van der Waals surface area contributed by atoms with Crippen LogP contribution in [0.25, 0.3) is 0 Å². The van der Waals surface area contributed by atoms with Gasteiger partial charge in [0.15, 0.2) is 0 Å². The molecule has 0 fully saturated rings. The van der Waals surface area contributed by atoms with Crippen LogP contribution in [0.3, 0.4) is 0 Å². The number of aliphatic carboxylic acids is 1. The monoisotopic (exact) mass is 216 g/mol. The summed E-state index contributed by atoms with van der Waals surface area (Å²) >= 11 is 0. The van der Waals surface area contributed by atoms with E-state index in [2.05, 4.69) is 24.1 Å². The Morgan fingerprint density at radius 1 is 1.33 bits per heavy atom. The Balaban J connectivity index is 4.00. The maximum Gasteiger partial charge on any atom is 0.320 e. The summed E-state index contributed by atoms with van der Waals surface area (Å²) in [6.07, 6.45) is 0.662. The van der Waals surface area contributed by atoms with Crippen LogP contribution in [-0.4, -0.2) is 47.7 Å². The first-order valence-electron chi connectivity index (χ1n) is 5.72. The lowest BCUT2D eigenvalue weighted by atomic mass is 10.1. The molecule has 4 heteroatoms. The molecule has 2 N–H and O–H groups in total. The molecule has 1 unspecified atom stereocenters. The minimum Gasteiger partial charge on any atom is -0.480 e. The van der Waals surface area contributed by atoms with Gasteiger partial charge in [-0.15, -0.1) is 0 Å². The SMILES string of the molecule is CCN(CC)CCC(NC(C)C)C(=O)O. The predicted octanol–water partition coefficient (Wildman–Crippen LogP) is 1.17. The van der Waals surface area contributed by atoms with Crippen molar-refractivity contribution < 1.29 is 9.90 Å². The molecule has 0 heterocycles. The topological polar surface area (TPSA) is 52.6 Å². The molecule has 0 aromatic heterocycles. The Kier molecular flexibility index (Phi) is 7.34. The maximum atomic E-state index is 10.9. The van der Waals surface area contributed by atoms with Crippen molar-refractivity contribution in [1.29, 1.82) is 0 Å². The number of hydrogen-bond donors (Lipinski definition) is 2. The highest BCUT2D eigenvalue weighted by Crippen LogP contribution is 1.98. The van der Waals surface area contributed by atoms with Crippen LogP contribution in [0, 0.1) is 0 Å². The quantitative estimate of drug-likeness (QED) is 0.639. The Morgan fingerprint density at radius 3 is 2.20 bits per heavy atom. The molecule has 0 rings (SSSR count). The third kappa shape index (κ3) is 6.47. The van der Waals surface area contributed by atoms with Crippen LogP contribution < -0.4 is 5.32 Å². The molecule has 0 amide bonds. The molecule has 4 nitrogen and oxygen atoms in total. The number of carboxylic acids is 1. The van der Waals surface area contributed by atoms with E-state index in [1.165, 1.54) is 0 Å². The lowest BCUT2D eigenvalue weighted by Crippen LogP contribution is -2.43. The van der Waals surface area contributed by atoms with Crippen LogP contribution >= 0.6 is 0 Å². The fraction of sp³-hybridized carbons (Fsp3) is 0.909. The van der Waals surface area contributed by atoms with E-state index >= 15 is 0 Å². The minimum atomic E-state index is -0.754. The number of carboxylic acid groups (broad SMARTS) is 1. The van der Waals surface area contributed by atoms with Gasteiger partial charge in [-0.3, -0.25) is 4.79 Å². The molecule has 90 valence electrons. The van der Waals surface area contributed by atoms with E-state index in [1.54, 1.807) is 0 Å². The lowest BCUT2D eigenvalue weighted by molar-refractivity contribution is -0.139. The van der Waals surface area contributed by atoms with Crippen LogP contribution in [0.2, 0.25) is 0 Å². The standard InChI is InChI=1S/C11H24N2O2/c1-5-13(6-2)8-7-10(11(14)15)12-9(3)4/h9-10,12H,5-8H2,1-4H3,(H,14,15). The van der Waals surface area contributed by atoms with E-state index in [-0.39, 0.29) is 6.04 Å². The van der Waals surface area contributed by atoms with Gasteiger partial charge < -0.3 is 15.3 Å². The van der Waals surface area contributed by atoms with Crippen LogP contribution in [0.4, 0.5) is 0 Å². The fourth-order valence-electron chi connectivity index (χ4n) is 1.53. The summed E-state index contributed by atoms with van der Waals surface area (Å²) in [5.41, 5.74) is 0. The molecule has 0 saturated carbocycles. The van der Waals surface area contributed by atoms with Gasteiger partial charge in [0.2, 0.25) is 0 Å². The summed E-state index contributed by atoms with van der Waals surface area (Å²) in [6.45, 7) is 10.9. The average molecular weight is 216 g/mol. The second-order valence-corrected chi connectivity index (χ2v) is 4.03. The third-order valence-corrected chi connectivity index (χ3v) is 2.46. The first kappa shape index (κ1) is 14.4. The van der Waals surface area contributed by atoms with Crippen LogP contribution in [0.15, 0.2) is 0 Å². The van der Waals surface area contributed by atoms with E-state index < -0.39 is 12.0 Å². The maximum absolute atomic E-state index is 10.9. The van der Waals surface area contributed by atoms with E-state index in [9.17, 15) is 4.79 Å². The minimum absolute atomic E-state index is 0.211. The van der Waals surface area contributed by atoms with E-state index in [1.807, 2.05) is 13.8 Å². The first-order valence-corrected chi connectivity index (χ1v) is 5.72. The van der Waals surface area contributed by atoms with Gasteiger partial charge in [0.05, 0.1) is 0 Å². The molecule has 0 aliphatic heterocycles. The van der Waals surface area contributed by atoms with Crippen molar-refractivity contribution in [3.05, 3.63) is 0 Å². The van der Waals surface area contributed by atoms with Gasteiger partial charge in [-0.1, -0.05) is 27.7 Å². The zero-order chi connectivity index (χ0) is 11.8. The van der Waals surface area contributed by atoms with Crippen molar-refractivity contribution in [3.8, 4) is 0 Å². The number of nitrogens with one attached hydrogen (secondary N) is 1. The van der Waals surface area contributed by atoms with Gasteiger partial charge in [-0.05, 0) is 19.5 Å². The van der Waals surface area contributed by atoms with Crippen molar-refractivity contribution in [3.63, 3.8) is 0 Å². The van der Waals surface area contributed by atoms with E-state index in [0.29, 0.717) is 6.42 Å². The summed E-state index contributed by atoms with van der Waals surface area (Å²) in [5.74, 6) is -0.754. The molecule has 0 saturated heterocycles. The lowest BCUT2D eigenvalue weighted by Gasteiger charge is -2.22. The second kappa shape index (κ2) is 7.65.